The van der Waals surface area contributed by atoms with Gasteiger partial charge in [0.25, 0.3) is 0 Å². The van der Waals surface area contributed by atoms with E-state index >= 15 is 0 Å². The van der Waals surface area contributed by atoms with Crippen LogP contribution in [0.3, 0.4) is 0 Å². The van der Waals surface area contributed by atoms with Crippen LogP contribution in [0.1, 0.15) is 54.4 Å². The molecule has 3 fully saturated rings. The molecule has 5 nitrogen and oxygen atoms in total. The van der Waals surface area contributed by atoms with Crippen molar-refractivity contribution < 1.29 is 19.4 Å². The molecule has 35 heavy (non-hydrogen) atoms. The number of aliphatic carboxylic acids is 1. The van der Waals surface area contributed by atoms with E-state index in [-0.39, 0.29) is 23.4 Å². The quantitative estimate of drug-likeness (QED) is 0.470. The molecule has 178 valence electrons. The lowest BCUT2D eigenvalue weighted by Gasteiger charge is -2.72. The fourth-order valence-electron chi connectivity index (χ4n) is 6.83. The van der Waals surface area contributed by atoms with Gasteiger partial charge in [-0.2, -0.15) is 0 Å². The van der Waals surface area contributed by atoms with Gasteiger partial charge in [-0.25, -0.2) is 9.59 Å². The third-order valence-corrected chi connectivity index (χ3v) is 8.48. The van der Waals surface area contributed by atoms with Gasteiger partial charge in [0.05, 0.1) is 0 Å². The van der Waals surface area contributed by atoms with Crippen LogP contribution >= 0.6 is 0 Å². The Morgan fingerprint density at radius 2 is 1.60 bits per heavy atom. The lowest BCUT2D eigenvalue weighted by atomic mass is 9.31. The van der Waals surface area contributed by atoms with Gasteiger partial charge >= 0.3 is 12.1 Å². The van der Waals surface area contributed by atoms with Crippen LogP contribution in [0.15, 0.2) is 72.8 Å². The van der Waals surface area contributed by atoms with Gasteiger partial charge in [0.2, 0.25) is 0 Å². The Morgan fingerprint density at radius 3 is 2.20 bits per heavy atom. The predicted molar refractivity (Wildman–Crippen MR) is 133 cm³/mol. The standard InChI is InChI=1S/C30H29NO4/c1-2-19-8-7-9-20(14-19)29-16-30(17-29,18-29)26(27(32)33)31-28(34)35-15-25-23-12-5-3-10-21(23)22-11-4-6-13-24(22)25/h3-14,25-26H,2,15-18H2,1H3,(H,31,34)(H,32,33). The number of hydrogen-bond donors (Lipinski definition) is 2. The molecule has 0 spiro atoms. The van der Waals surface area contributed by atoms with Crippen molar-refractivity contribution in [3.8, 4) is 11.1 Å². The third kappa shape index (κ3) is 3.36. The lowest BCUT2D eigenvalue weighted by Crippen LogP contribution is -2.73. The first kappa shape index (κ1) is 21.9. The van der Waals surface area contributed by atoms with Crippen molar-refractivity contribution in [2.45, 2.75) is 50.0 Å². The average molecular weight is 468 g/mol. The van der Waals surface area contributed by atoms with Gasteiger partial charge < -0.3 is 15.2 Å². The number of rotatable bonds is 7. The molecule has 2 bridgehead atoms. The minimum absolute atomic E-state index is 0.0551. The first-order valence-electron chi connectivity index (χ1n) is 12.4. The Kier molecular flexibility index (Phi) is 4.99. The number of ether oxygens (including phenoxy) is 1. The number of amides is 1. The molecule has 2 N–H and O–H groups in total. The number of fused-ring (bicyclic) bond motifs is 3. The van der Waals surface area contributed by atoms with Crippen LogP contribution in [0, 0.1) is 5.41 Å². The van der Waals surface area contributed by atoms with Crippen molar-refractivity contribution in [3.05, 3.63) is 95.1 Å². The molecule has 1 unspecified atom stereocenters. The number of carboxylic acid groups (broad SMARTS) is 1. The first-order valence-corrected chi connectivity index (χ1v) is 12.4. The van der Waals surface area contributed by atoms with Crippen molar-refractivity contribution in [1.82, 2.24) is 5.32 Å². The van der Waals surface area contributed by atoms with E-state index in [0.29, 0.717) is 0 Å². The topological polar surface area (TPSA) is 75.6 Å². The highest BCUT2D eigenvalue weighted by molar-refractivity contribution is 5.82. The highest BCUT2D eigenvalue weighted by atomic mass is 16.5. The summed E-state index contributed by atoms with van der Waals surface area (Å²) < 4.78 is 5.63. The Bertz CT molecular complexity index is 1260. The van der Waals surface area contributed by atoms with E-state index in [1.54, 1.807) is 0 Å². The number of benzene rings is 3. The van der Waals surface area contributed by atoms with E-state index in [9.17, 15) is 14.7 Å². The maximum atomic E-state index is 12.8. The lowest BCUT2D eigenvalue weighted by molar-refractivity contribution is -0.183. The first-order chi connectivity index (χ1) is 16.9. The number of nitrogens with one attached hydrogen (secondary N) is 1. The molecular weight excluding hydrogens is 438 g/mol. The number of alkyl carbamates (subject to hydrolysis) is 1. The van der Waals surface area contributed by atoms with Crippen molar-refractivity contribution in [1.29, 1.82) is 0 Å². The molecule has 4 aliphatic carbocycles. The third-order valence-electron chi connectivity index (χ3n) is 8.48. The molecule has 0 heterocycles. The van der Waals surface area contributed by atoms with Gasteiger partial charge in [0.15, 0.2) is 0 Å². The molecule has 4 aliphatic rings. The Hall–Kier alpha value is -3.60. The molecule has 1 atom stereocenters. The second kappa shape index (κ2) is 7.98. The molecule has 3 saturated carbocycles. The fraction of sp³-hybridized carbons (Fsp3) is 0.333. The van der Waals surface area contributed by atoms with Crippen LogP contribution < -0.4 is 5.32 Å². The van der Waals surface area contributed by atoms with Crippen LogP contribution in [0.25, 0.3) is 11.1 Å². The molecule has 5 heteroatoms. The van der Waals surface area contributed by atoms with Gasteiger partial charge in [-0.05, 0) is 64.5 Å². The summed E-state index contributed by atoms with van der Waals surface area (Å²) in [5.74, 6) is -1.05. The number of carbonyl (C=O) groups excluding carboxylic acids is 1. The summed E-state index contributed by atoms with van der Waals surface area (Å²) in [6.07, 6.45) is 2.68. The summed E-state index contributed by atoms with van der Waals surface area (Å²) in [4.78, 5) is 24.9. The zero-order valence-electron chi connectivity index (χ0n) is 19.8. The van der Waals surface area contributed by atoms with Crippen LogP contribution in [-0.2, 0) is 21.4 Å². The molecule has 3 aromatic carbocycles. The number of carboxylic acids is 1. The number of carbonyl (C=O) groups is 2. The zero-order chi connectivity index (χ0) is 24.2. The number of hydrogen-bond acceptors (Lipinski definition) is 3. The smallest absolute Gasteiger partial charge is 0.407 e. The zero-order valence-corrected chi connectivity index (χ0v) is 19.8. The molecule has 0 aromatic heterocycles. The fourth-order valence-corrected chi connectivity index (χ4v) is 6.83. The molecule has 3 aromatic rings. The summed E-state index contributed by atoms with van der Waals surface area (Å²) in [6.45, 7) is 2.31. The van der Waals surface area contributed by atoms with Crippen LogP contribution in [0.2, 0.25) is 0 Å². The van der Waals surface area contributed by atoms with E-state index < -0.39 is 18.1 Å². The second-order valence-corrected chi connectivity index (χ2v) is 10.5. The summed E-state index contributed by atoms with van der Waals surface area (Å²) in [6, 6.07) is 24.0. The van der Waals surface area contributed by atoms with Gasteiger partial charge in [-0.3, -0.25) is 0 Å². The molecule has 1 amide bonds. The van der Waals surface area contributed by atoms with Gasteiger partial charge in [-0.1, -0.05) is 79.7 Å². The molecule has 0 radical (unpaired) electrons. The highest BCUT2D eigenvalue weighted by Crippen LogP contribution is 2.75. The van der Waals surface area contributed by atoms with E-state index in [1.807, 2.05) is 24.3 Å². The van der Waals surface area contributed by atoms with Crippen molar-refractivity contribution >= 4 is 12.1 Å². The maximum absolute atomic E-state index is 12.8. The normalized spacial score (nSPS) is 24.4. The minimum Gasteiger partial charge on any atom is -0.480 e. The van der Waals surface area contributed by atoms with E-state index in [2.05, 4.69) is 60.8 Å². The molecule has 0 saturated heterocycles. The summed E-state index contributed by atoms with van der Waals surface area (Å²) in [5.41, 5.74) is 6.84. The minimum atomic E-state index is -0.992. The average Bonchev–Trinajstić information content (AvgIpc) is 3.14. The summed E-state index contributed by atoms with van der Waals surface area (Å²) in [5, 5.41) is 12.7. The highest BCUT2D eigenvalue weighted by Gasteiger charge is 2.72. The van der Waals surface area contributed by atoms with Crippen LogP contribution in [-0.4, -0.2) is 29.8 Å². The maximum Gasteiger partial charge on any atom is 0.407 e. The van der Waals surface area contributed by atoms with E-state index in [0.717, 1.165) is 47.9 Å². The second-order valence-electron chi connectivity index (χ2n) is 10.5. The number of aryl methyl sites for hydroxylation is 1. The SMILES string of the molecule is CCc1cccc(C23CC(C(NC(=O)OCC4c5ccccc5-c5ccccc54)C(=O)O)(C2)C3)c1. The summed E-state index contributed by atoms with van der Waals surface area (Å²) >= 11 is 0. The monoisotopic (exact) mass is 467 g/mol. The van der Waals surface area contributed by atoms with Crippen LogP contribution in [0.4, 0.5) is 4.79 Å². The van der Waals surface area contributed by atoms with Gasteiger partial charge in [0, 0.05) is 11.3 Å². The molecule has 0 aliphatic heterocycles. The molecule has 7 rings (SSSR count). The Labute approximate surface area is 205 Å². The van der Waals surface area contributed by atoms with E-state index in [1.165, 1.54) is 11.1 Å². The van der Waals surface area contributed by atoms with Crippen LogP contribution in [0.5, 0.6) is 0 Å². The van der Waals surface area contributed by atoms with Crippen molar-refractivity contribution in [2.24, 2.45) is 5.41 Å². The van der Waals surface area contributed by atoms with E-state index in [4.69, 9.17) is 4.74 Å². The largest absolute Gasteiger partial charge is 0.480 e. The Morgan fingerprint density at radius 1 is 0.971 bits per heavy atom. The predicted octanol–water partition coefficient (Wildman–Crippen LogP) is 5.66. The van der Waals surface area contributed by atoms with Crippen molar-refractivity contribution in [3.63, 3.8) is 0 Å². The van der Waals surface area contributed by atoms with Gasteiger partial charge in [0.1, 0.15) is 12.6 Å². The summed E-state index contributed by atoms with van der Waals surface area (Å²) in [7, 11) is 0. The van der Waals surface area contributed by atoms with Gasteiger partial charge in [-0.15, -0.1) is 0 Å². The Balaban J connectivity index is 1.12. The molecular formula is C30H29NO4. The van der Waals surface area contributed by atoms with Crippen molar-refractivity contribution in [2.75, 3.05) is 6.61 Å².